The van der Waals surface area contributed by atoms with Crippen LogP contribution in [0.5, 0.6) is 11.5 Å². The fourth-order valence-electron chi connectivity index (χ4n) is 1.63. The molecule has 0 spiro atoms. The van der Waals surface area contributed by atoms with Crippen molar-refractivity contribution >= 4 is 11.6 Å². The topological polar surface area (TPSA) is 31.4 Å². The molecule has 1 aromatic heterocycles. The summed E-state index contributed by atoms with van der Waals surface area (Å²) in [5.74, 6) is 7.52. The average molecular weight is 288 g/mol. The SMILES string of the molecule is COc1ccc(OCc2ccncc2)c(C#CCCl)c1. The molecule has 0 radical (unpaired) electrons. The molecule has 0 aliphatic heterocycles. The van der Waals surface area contributed by atoms with E-state index in [9.17, 15) is 0 Å². The summed E-state index contributed by atoms with van der Waals surface area (Å²) in [5, 5.41) is 0. The predicted octanol–water partition coefficient (Wildman–Crippen LogP) is 3.26. The highest BCUT2D eigenvalue weighted by Gasteiger charge is 2.04. The van der Waals surface area contributed by atoms with Crippen LogP contribution >= 0.6 is 11.6 Å². The van der Waals surface area contributed by atoms with E-state index in [1.807, 2.05) is 30.3 Å². The molecular formula is C16H14ClNO2. The number of hydrogen-bond acceptors (Lipinski definition) is 3. The molecule has 1 heterocycles. The number of aromatic nitrogens is 1. The van der Waals surface area contributed by atoms with E-state index in [-0.39, 0.29) is 5.88 Å². The Kier molecular flexibility index (Phi) is 5.28. The van der Waals surface area contributed by atoms with Gasteiger partial charge in [-0.1, -0.05) is 11.8 Å². The van der Waals surface area contributed by atoms with E-state index in [1.54, 1.807) is 19.5 Å². The van der Waals surface area contributed by atoms with Crippen LogP contribution in [-0.2, 0) is 6.61 Å². The summed E-state index contributed by atoms with van der Waals surface area (Å²) >= 11 is 5.60. The van der Waals surface area contributed by atoms with Gasteiger partial charge in [0.1, 0.15) is 18.1 Å². The highest BCUT2D eigenvalue weighted by Crippen LogP contribution is 2.24. The van der Waals surface area contributed by atoms with Crippen LogP contribution in [0.3, 0.4) is 0 Å². The molecule has 0 amide bonds. The van der Waals surface area contributed by atoms with Gasteiger partial charge in [0, 0.05) is 12.4 Å². The van der Waals surface area contributed by atoms with Crippen LogP contribution in [-0.4, -0.2) is 18.0 Å². The third-order valence-electron chi connectivity index (χ3n) is 2.62. The maximum Gasteiger partial charge on any atom is 0.135 e. The molecule has 0 atom stereocenters. The Morgan fingerprint density at radius 3 is 2.70 bits per heavy atom. The highest BCUT2D eigenvalue weighted by atomic mass is 35.5. The molecule has 0 saturated heterocycles. The van der Waals surface area contributed by atoms with E-state index in [1.165, 1.54) is 0 Å². The fourth-order valence-corrected chi connectivity index (χ4v) is 1.70. The number of methoxy groups -OCH3 is 1. The number of nitrogens with zero attached hydrogens (tertiary/aromatic N) is 1. The molecule has 4 heteroatoms. The van der Waals surface area contributed by atoms with E-state index >= 15 is 0 Å². The molecule has 0 N–H and O–H groups in total. The highest BCUT2D eigenvalue weighted by molar-refractivity contribution is 6.19. The van der Waals surface area contributed by atoms with Gasteiger partial charge in [-0.05, 0) is 35.9 Å². The number of hydrogen-bond donors (Lipinski definition) is 0. The van der Waals surface area contributed by atoms with Crippen molar-refractivity contribution in [3.8, 4) is 23.3 Å². The lowest BCUT2D eigenvalue weighted by atomic mass is 10.2. The van der Waals surface area contributed by atoms with Gasteiger partial charge in [0.15, 0.2) is 0 Å². The Labute approximate surface area is 123 Å². The van der Waals surface area contributed by atoms with Crippen LogP contribution < -0.4 is 9.47 Å². The number of benzene rings is 1. The number of ether oxygens (including phenoxy) is 2. The van der Waals surface area contributed by atoms with E-state index in [0.29, 0.717) is 12.4 Å². The van der Waals surface area contributed by atoms with Gasteiger partial charge in [0.2, 0.25) is 0 Å². The maximum atomic E-state index is 5.79. The van der Waals surface area contributed by atoms with Gasteiger partial charge in [-0.25, -0.2) is 0 Å². The second-order valence-corrected chi connectivity index (χ2v) is 4.21. The van der Waals surface area contributed by atoms with Crippen molar-refractivity contribution in [1.29, 1.82) is 0 Å². The average Bonchev–Trinajstić information content (AvgIpc) is 2.52. The summed E-state index contributed by atoms with van der Waals surface area (Å²) in [7, 11) is 1.62. The minimum absolute atomic E-state index is 0.279. The summed E-state index contributed by atoms with van der Waals surface area (Å²) in [4.78, 5) is 3.97. The molecule has 3 nitrogen and oxygen atoms in total. The smallest absolute Gasteiger partial charge is 0.135 e. The fraction of sp³-hybridized carbons (Fsp3) is 0.188. The Balaban J connectivity index is 2.17. The summed E-state index contributed by atoms with van der Waals surface area (Å²) in [6.45, 7) is 0.463. The van der Waals surface area contributed by atoms with Crippen LogP contribution in [0, 0.1) is 11.8 Å². The second-order valence-electron chi connectivity index (χ2n) is 3.94. The molecule has 102 valence electrons. The predicted molar refractivity (Wildman–Crippen MR) is 79.2 cm³/mol. The van der Waals surface area contributed by atoms with Crippen molar-refractivity contribution < 1.29 is 9.47 Å². The minimum atomic E-state index is 0.279. The zero-order chi connectivity index (χ0) is 14.2. The maximum absolute atomic E-state index is 5.79. The van der Waals surface area contributed by atoms with Crippen LogP contribution in [0.4, 0.5) is 0 Å². The Morgan fingerprint density at radius 2 is 2.00 bits per heavy atom. The van der Waals surface area contributed by atoms with E-state index in [4.69, 9.17) is 21.1 Å². The van der Waals surface area contributed by atoms with Crippen molar-refractivity contribution in [2.24, 2.45) is 0 Å². The Hall–Kier alpha value is -2.18. The largest absolute Gasteiger partial charge is 0.497 e. The first-order valence-corrected chi connectivity index (χ1v) is 6.61. The summed E-state index contributed by atoms with van der Waals surface area (Å²) in [6.07, 6.45) is 3.47. The molecule has 2 aromatic rings. The molecule has 0 saturated carbocycles. The molecule has 1 aromatic carbocycles. The van der Waals surface area contributed by atoms with Gasteiger partial charge in [-0.3, -0.25) is 4.98 Å². The van der Waals surface area contributed by atoms with Crippen LogP contribution in [0.25, 0.3) is 0 Å². The first-order chi connectivity index (χ1) is 9.83. The first kappa shape index (κ1) is 14.2. The lowest BCUT2D eigenvalue weighted by Crippen LogP contribution is -1.98. The lowest BCUT2D eigenvalue weighted by molar-refractivity contribution is 0.304. The van der Waals surface area contributed by atoms with Crippen LogP contribution in [0.15, 0.2) is 42.7 Å². The van der Waals surface area contributed by atoms with Gasteiger partial charge in [-0.15, -0.1) is 11.6 Å². The Bertz CT molecular complexity index is 617. The van der Waals surface area contributed by atoms with Crippen molar-refractivity contribution in [1.82, 2.24) is 4.98 Å². The lowest BCUT2D eigenvalue weighted by Gasteiger charge is -2.09. The van der Waals surface area contributed by atoms with Crippen LogP contribution in [0.2, 0.25) is 0 Å². The van der Waals surface area contributed by atoms with E-state index < -0.39 is 0 Å². The number of pyridine rings is 1. The van der Waals surface area contributed by atoms with E-state index in [0.717, 1.165) is 16.9 Å². The molecule has 0 bridgehead atoms. The molecular weight excluding hydrogens is 274 g/mol. The molecule has 0 unspecified atom stereocenters. The number of halogens is 1. The molecule has 0 aliphatic carbocycles. The Morgan fingerprint density at radius 1 is 1.20 bits per heavy atom. The van der Waals surface area contributed by atoms with Gasteiger partial charge in [0.25, 0.3) is 0 Å². The minimum Gasteiger partial charge on any atom is -0.497 e. The van der Waals surface area contributed by atoms with Gasteiger partial charge in [0.05, 0.1) is 18.6 Å². The van der Waals surface area contributed by atoms with Crippen molar-refractivity contribution in [2.75, 3.05) is 13.0 Å². The second kappa shape index (κ2) is 7.42. The summed E-state index contributed by atoms with van der Waals surface area (Å²) in [5.41, 5.74) is 1.81. The third kappa shape index (κ3) is 3.91. The summed E-state index contributed by atoms with van der Waals surface area (Å²) < 4.78 is 11.0. The quantitative estimate of drug-likeness (QED) is 0.639. The van der Waals surface area contributed by atoms with E-state index in [2.05, 4.69) is 16.8 Å². The molecule has 0 fully saturated rings. The summed E-state index contributed by atoms with van der Waals surface area (Å²) in [6, 6.07) is 9.34. The van der Waals surface area contributed by atoms with Crippen molar-refractivity contribution in [3.05, 3.63) is 53.9 Å². The third-order valence-corrected chi connectivity index (χ3v) is 2.75. The first-order valence-electron chi connectivity index (χ1n) is 6.08. The number of alkyl halides is 1. The van der Waals surface area contributed by atoms with Crippen LogP contribution in [0.1, 0.15) is 11.1 Å². The standard InChI is InChI=1S/C16H14ClNO2/c1-19-15-4-5-16(14(11-15)3-2-8-17)20-12-13-6-9-18-10-7-13/h4-7,9-11H,8,12H2,1H3. The molecule has 20 heavy (non-hydrogen) atoms. The van der Waals surface area contributed by atoms with Gasteiger partial charge in [-0.2, -0.15) is 0 Å². The monoisotopic (exact) mass is 287 g/mol. The van der Waals surface area contributed by atoms with Gasteiger partial charge >= 0.3 is 0 Å². The number of rotatable bonds is 4. The molecule has 0 aliphatic rings. The van der Waals surface area contributed by atoms with Gasteiger partial charge < -0.3 is 9.47 Å². The normalized spacial score (nSPS) is 9.50. The molecule has 2 rings (SSSR count). The zero-order valence-electron chi connectivity index (χ0n) is 11.1. The zero-order valence-corrected chi connectivity index (χ0v) is 11.9. The van der Waals surface area contributed by atoms with Crippen molar-refractivity contribution in [3.63, 3.8) is 0 Å². The van der Waals surface area contributed by atoms with Crippen molar-refractivity contribution in [2.45, 2.75) is 6.61 Å².